The van der Waals surface area contributed by atoms with Gasteiger partial charge in [0.2, 0.25) is 5.78 Å². The number of nitrogens with one attached hydrogen (secondary N) is 1. The standard InChI is InChI=1S/C40H67NO18/c1-2-3-10-41-36-6-4-35(5-7-36)40(46)59-34-32-57-30-28-55-26-24-53-22-20-51-18-16-49-14-12-47-11-13-48-15-17-50-19-21-52-23-25-54-27-29-56-31-33-58-38(43)9-8-37(42)39(44)45/h4-7,41H,2-3,8-34H2,1H3,(H,44,45). The number of ketones is 1. The molecule has 0 radical (unpaired) electrons. The summed E-state index contributed by atoms with van der Waals surface area (Å²) in [5.41, 5.74) is 1.49. The maximum Gasteiger partial charge on any atom is 0.372 e. The number of ether oxygens (including phenoxy) is 13. The number of carbonyl (C=O) groups excluding carboxylic acids is 3. The van der Waals surface area contributed by atoms with Crippen molar-refractivity contribution in [2.75, 3.05) is 170 Å². The second-order valence-electron chi connectivity index (χ2n) is 12.2. The molecule has 0 aromatic heterocycles. The van der Waals surface area contributed by atoms with Crippen molar-refractivity contribution in [2.45, 2.75) is 32.6 Å². The highest BCUT2D eigenvalue weighted by atomic mass is 16.6. The molecule has 0 heterocycles. The quantitative estimate of drug-likeness (QED) is 0.0546. The lowest BCUT2D eigenvalue weighted by Crippen LogP contribution is -2.17. The van der Waals surface area contributed by atoms with Crippen LogP contribution in [0.4, 0.5) is 5.69 Å². The Morgan fingerprint density at radius 3 is 1.10 bits per heavy atom. The molecule has 0 aliphatic rings. The number of hydrogen-bond donors (Lipinski definition) is 2. The Hall–Kier alpha value is -3.34. The van der Waals surface area contributed by atoms with Crippen molar-refractivity contribution in [3.8, 4) is 0 Å². The average Bonchev–Trinajstić information content (AvgIpc) is 3.24. The topological polar surface area (TPSA) is 221 Å². The smallest absolute Gasteiger partial charge is 0.372 e. The minimum atomic E-state index is -1.57. The minimum absolute atomic E-state index is 0.00720. The third-order valence-electron chi connectivity index (χ3n) is 7.45. The van der Waals surface area contributed by atoms with Crippen LogP contribution < -0.4 is 5.32 Å². The van der Waals surface area contributed by atoms with Gasteiger partial charge in [-0.15, -0.1) is 0 Å². The van der Waals surface area contributed by atoms with Crippen LogP contribution in [0, 0.1) is 0 Å². The molecule has 0 spiro atoms. The molecule has 0 atom stereocenters. The van der Waals surface area contributed by atoms with Crippen molar-refractivity contribution in [3.05, 3.63) is 29.8 Å². The SMILES string of the molecule is CCCCNc1ccc(C(=O)OCCOCCOCCOCCOCCOCCOCCOCCOCCOCCOCCOCCOC(=O)CCC(=O)C(=O)O)cc1. The number of anilines is 1. The van der Waals surface area contributed by atoms with Crippen molar-refractivity contribution < 1.29 is 85.9 Å². The van der Waals surface area contributed by atoms with Gasteiger partial charge in [-0.05, 0) is 30.7 Å². The third-order valence-corrected chi connectivity index (χ3v) is 7.45. The molecule has 1 rings (SSSR count). The number of unbranched alkanes of at least 4 members (excludes halogenated alkanes) is 1. The zero-order valence-corrected chi connectivity index (χ0v) is 34.7. The zero-order chi connectivity index (χ0) is 42.7. The van der Waals surface area contributed by atoms with Gasteiger partial charge in [0.05, 0.1) is 157 Å². The molecular weight excluding hydrogens is 782 g/mol. The summed E-state index contributed by atoms with van der Waals surface area (Å²) in [4.78, 5) is 44.8. The fraction of sp³-hybridized carbons (Fsp3) is 0.750. The highest BCUT2D eigenvalue weighted by Crippen LogP contribution is 2.11. The van der Waals surface area contributed by atoms with Crippen LogP contribution in [-0.2, 0) is 76.0 Å². The summed E-state index contributed by atoms with van der Waals surface area (Å²) in [6.07, 6.45) is 1.55. The molecule has 0 saturated heterocycles. The molecule has 19 nitrogen and oxygen atoms in total. The van der Waals surface area contributed by atoms with E-state index in [0.29, 0.717) is 144 Å². The van der Waals surface area contributed by atoms with Gasteiger partial charge in [-0.1, -0.05) is 13.3 Å². The van der Waals surface area contributed by atoms with Crippen molar-refractivity contribution in [2.24, 2.45) is 0 Å². The zero-order valence-electron chi connectivity index (χ0n) is 34.7. The molecule has 0 bridgehead atoms. The highest BCUT2D eigenvalue weighted by molar-refractivity contribution is 6.32. The Morgan fingerprint density at radius 2 is 0.780 bits per heavy atom. The number of esters is 2. The first-order valence-electron chi connectivity index (χ1n) is 20.2. The maximum absolute atomic E-state index is 12.1. The molecule has 0 unspecified atom stereocenters. The largest absolute Gasteiger partial charge is 0.476 e. The second kappa shape index (κ2) is 41.4. The number of aliphatic carboxylic acids is 1. The van der Waals surface area contributed by atoms with Crippen LogP contribution in [0.15, 0.2) is 24.3 Å². The van der Waals surface area contributed by atoms with Crippen molar-refractivity contribution in [3.63, 3.8) is 0 Å². The van der Waals surface area contributed by atoms with E-state index in [4.69, 9.17) is 66.7 Å². The van der Waals surface area contributed by atoms with Gasteiger partial charge < -0.3 is 72.0 Å². The molecular formula is C40H67NO18. The fourth-order valence-electron chi connectivity index (χ4n) is 4.32. The van der Waals surface area contributed by atoms with Crippen LogP contribution in [0.1, 0.15) is 43.0 Å². The molecule has 0 saturated carbocycles. The molecule has 59 heavy (non-hydrogen) atoms. The highest BCUT2D eigenvalue weighted by Gasteiger charge is 2.14. The first-order valence-corrected chi connectivity index (χ1v) is 20.2. The Morgan fingerprint density at radius 1 is 0.458 bits per heavy atom. The lowest BCUT2D eigenvalue weighted by molar-refractivity contribution is -0.151. The number of carbonyl (C=O) groups is 4. The van der Waals surface area contributed by atoms with E-state index in [1.54, 1.807) is 12.1 Å². The summed E-state index contributed by atoms with van der Waals surface area (Å²) in [5.74, 6) is -3.62. The first-order chi connectivity index (χ1) is 28.9. The first kappa shape index (κ1) is 53.7. The summed E-state index contributed by atoms with van der Waals surface area (Å²) >= 11 is 0. The van der Waals surface area contributed by atoms with Gasteiger partial charge in [-0.2, -0.15) is 0 Å². The van der Waals surface area contributed by atoms with Crippen LogP contribution >= 0.6 is 0 Å². The van der Waals surface area contributed by atoms with Crippen LogP contribution in [-0.4, -0.2) is 194 Å². The van der Waals surface area contributed by atoms with E-state index in [0.717, 1.165) is 25.1 Å². The summed E-state index contributed by atoms with van der Waals surface area (Å²) in [6, 6.07) is 7.26. The van der Waals surface area contributed by atoms with E-state index in [9.17, 15) is 19.2 Å². The van der Waals surface area contributed by atoms with E-state index in [1.165, 1.54) is 0 Å². The van der Waals surface area contributed by atoms with Crippen LogP contribution in [0.25, 0.3) is 0 Å². The number of carboxylic acid groups (broad SMARTS) is 1. The molecule has 1 aromatic rings. The van der Waals surface area contributed by atoms with Gasteiger partial charge in [0, 0.05) is 18.7 Å². The van der Waals surface area contributed by atoms with Gasteiger partial charge >= 0.3 is 17.9 Å². The number of benzene rings is 1. The van der Waals surface area contributed by atoms with Crippen LogP contribution in [0.2, 0.25) is 0 Å². The van der Waals surface area contributed by atoms with Crippen LogP contribution in [0.3, 0.4) is 0 Å². The fourth-order valence-corrected chi connectivity index (χ4v) is 4.32. The molecule has 19 heteroatoms. The number of Topliss-reactive ketones (excluding diaryl/α,β-unsaturated/α-hetero) is 1. The van der Waals surface area contributed by atoms with E-state index in [1.807, 2.05) is 12.1 Å². The maximum atomic E-state index is 12.1. The van der Waals surface area contributed by atoms with E-state index in [-0.39, 0.29) is 32.2 Å². The lowest BCUT2D eigenvalue weighted by atomic mass is 10.2. The number of rotatable bonds is 45. The lowest BCUT2D eigenvalue weighted by Gasteiger charge is -2.09. The molecule has 0 aliphatic heterocycles. The predicted molar refractivity (Wildman–Crippen MR) is 212 cm³/mol. The number of carboxylic acids is 1. The Balaban J connectivity index is 1.68. The second-order valence-corrected chi connectivity index (χ2v) is 12.2. The predicted octanol–water partition coefficient (Wildman–Crippen LogP) is 2.22. The van der Waals surface area contributed by atoms with Crippen LogP contribution in [0.5, 0.6) is 0 Å². The van der Waals surface area contributed by atoms with Crippen molar-refractivity contribution in [1.82, 2.24) is 0 Å². The Kier molecular flexibility index (Phi) is 37.7. The Bertz CT molecular complexity index is 1160. The van der Waals surface area contributed by atoms with Gasteiger partial charge in [-0.3, -0.25) is 9.59 Å². The molecule has 0 amide bonds. The van der Waals surface area contributed by atoms with Gasteiger partial charge in [0.1, 0.15) is 13.2 Å². The molecule has 0 fully saturated rings. The van der Waals surface area contributed by atoms with Gasteiger partial charge in [-0.25, -0.2) is 9.59 Å². The minimum Gasteiger partial charge on any atom is -0.476 e. The van der Waals surface area contributed by atoms with Crippen molar-refractivity contribution in [1.29, 1.82) is 0 Å². The van der Waals surface area contributed by atoms with E-state index < -0.39 is 24.1 Å². The summed E-state index contributed by atoms with van der Waals surface area (Å²) in [6.45, 7) is 12.3. The Labute approximate surface area is 347 Å². The van der Waals surface area contributed by atoms with Gasteiger partial charge in [0.25, 0.3) is 0 Å². The molecule has 1 aromatic carbocycles. The molecule has 0 aliphatic carbocycles. The van der Waals surface area contributed by atoms with Crippen molar-refractivity contribution >= 4 is 29.4 Å². The van der Waals surface area contributed by atoms with Gasteiger partial charge in [0.15, 0.2) is 0 Å². The van der Waals surface area contributed by atoms with E-state index >= 15 is 0 Å². The van der Waals surface area contributed by atoms with E-state index in [2.05, 4.69) is 12.2 Å². The molecule has 340 valence electrons. The summed E-state index contributed by atoms with van der Waals surface area (Å²) < 4.78 is 69.9. The number of hydrogen-bond acceptors (Lipinski definition) is 18. The average molecular weight is 850 g/mol. The normalized spacial score (nSPS) is 11.1. The monoisotopic (exact) mass is 849 g/mol. The summed E-state index contributed by atoms with van der Waals surface area (Å²) in [7, 11) is 0. The third kappa shape index (κ3) is 36.3. The molecule has 2 N–H and O–H groups in total. The summed E-state index contributed by atoms with van der Waals surface area (Å²) in [5, 5.41) is 11.8.